The van der Waals surface area contributed by atoms with Crippen LogP contribution in [0.1, 0.15) is 19.4 Å². The summed E-state index contributed by atoms with van der Waals surface area (Å²) in [4.78, 5) is 22.9. The summed E-state index contributed by atoms with van der Waals surface area (Å²) in [6.45, 7) is 3.44. The highest BCUT2D eigenvalue weighted by molar-refractivity contribution is 7.92. The third-order valence-corrected chi connectivity index (χ3v) is 5.25. The number of aryl methyl sites for hydroxylation is 1. The first kappa shape index (κ1) is 20.4. The molecule has 8 nitrogen and oxygen atoms in total. The second-order valence-corrected chi connectivity index (χ2v) is 7.91. The van der Waals surface area contributed by atoms with Crippen LogP contribution < -0.4 is 9.62 Å². The minimum absolute atomic E-state index is 0.171. The van der Waals surface area contributed by atoms with Crippen molar-refractivity contribution in [1.29, 1.82) is 0 Å². The normalized spacial score (nSPS) is 12.3. The van der Waals surface area contributed by atoms with E-state index in [1.54, 1.807) is 24.3 Å². The number of hydrogen-bond donors (Lipinski definition) is 1. The van der Waals surface area contributed by atoms with Gasteiger partial charge >= 0.3 is 0 Å². The van der Waals surface area contributed by atoms with Gasteiger partial charge in [-0.1, -0.05) is 25.1 Å². The van der Waals surface area contributed by atoms with Crippen LogP contribution in [0.5, 0.6) is 0 Å². The number of nitrogens with one attached hydrogen (secondary N) is 1. The van der Waals surface area contributed by atoms with Crippen LogP contribution in [-0.2, 0) is 21.2 Å². The number of benzene rings is 2. The zero-order valence-electron chi connectivity index (χ0n) is 15.2. The Morgan fingerprint density at radius 1 is 1.22 bits per heavy atom. The predicted octanol–water partition coefficient (Wildman–Crippen LogP) is 2.95. The second-order valence-electron chi connectivity index (χ2n) is 6.05. The average molecular weight is 391 g/mol. The number of non-ortho nitro benzene ring substituents is 1. The molecule has 1 atom stereocenters. The maximum absolute atomic E-state index is 12.6. The SMILES string of the molecule is CCc1ccc(N(C(C)C(=O)Nc2cccc([N+](=O)[O-])c2)S(C)(=O)=O)cc1. The van der Waals surface area contributed by atoms with Crippen molar-refractivity contribution in [1.82, 2.24) is 0 Å². The lowest BCUT2D eigenvalue weighted by Crippen LogP contribution is -2.45. The van der Waals surface area contributed by atoms with Crippen molar-refractivity contribution in [2.75, 3.05) is 15.9 Å². The van der Waals surface area contributed by atoms with E-state index >= 15 is 0 Å². The van der Waals surface area contributed by atoms with Crippen molar-refractivity contribution >= 4 is 33.0 Å². The van der Waals surface area contributed by atoms with E-state index in [-0.39, 0.29) is 11.4 Å². The Bertz CT molecular complexity index is 942. The first-order valence-electron chi connectivity index (χ1n) is 8.27. The van der Waals surface area contributed by atoms with Crippen LogP contribution in [0, 0.1) is 10.1 Å². The van der Waals surface area contributed by atoms with Gasteiger partial charge in [0.1, 0.15) is 6.04 Å². The zero-order chi connectivity index (χ0) is 20.2. The summed E-state index contributed by atoms with van der Waals surface area (Å²) in [5.74, 6) is -0.597. The van der Waals surface area contributed by atoms with Gasteiger partial charge in [0.25, 0.3) is 5.69 Å². The third kappa shape index (κ3) is 5.04. The molecule has 1 amide bonds. The van der Waals surface area contributed by atoms with Crippen LogP contribution in [0.2, 0.25) is 0 Å². The minimum atomic E-state index is -3.73. The van der Waals surface area contributed by atoms with Gasteiger partial charge in [-0.25, -0.2) is 8.42 Å². The Morgan fingerprint density at radius 3 is 2.37 bits per heavy atom. The lowest BCUT2D eigenvalue weighted by Gasteiger charge is -2.28. The molecule has 0 aliphatic rings. The smallest absolute Gasteiger partial charge is 0.271 e. The summed E-state index contributed by atoms with van der Waals surface area (Å²) in [5.41, 5.74) is 1.46. The Kier molecular flexibility index (Phi) is 6.17. The van der Waals surface area contributed by atoms with Crippen molar-refractivity contribution < 1.29 is 18.1 Å². The first-order chi connectivity index (χ1) is 12.6. The summed E-state index contributed by atoms with van der Waals surface area (Å²) in [6.07, 6.45) is 1.83. The summed E-state index contributed by atoms with van der Waals surface area (Å²) in [6, 6.07) is 11.3. The van der Waals surface area contributed by atoms with Crippen LogP contribution in [0.4, 0.5) is 17.1 Å². The number of anilines is 2. The fourth-order valence-corrected chi connectivity index (χ4v) is 3.81. The van der Waals surface area contributed by atoms with E-state index in [1.165, 1.54) is 31.2 Å². The molecule has 0 aliphatic heterocycles. The monoisotopic (exact) mass is 391 g/mol. The lowest BCUT2D eigenvalue weighted by molar-refractivity contribution is -0.384. The number of sulfonamides is 1. The van der Waals surface area contributed by atoms with Crippen molar-refractivity contribution in [3.05, 3.63) is 64.2 Å². The number of carbonyl (C=O) groups is 1. The number of amides is 1. The highest BCUT2D eigenvalue weighted by atomic mass is 32.2. The van der Waals surface area contributed by atoms with Gasteiger partial charge in [-0.2, -0.15) is 0 Å². The molecular weight excluding hydrogens is 370 g/mol. The molecule has 0 bridgehead atoms. The maximum atomic E-state index is 12.6. The van der Waals surface area contributed by atoms with Crippen molar-refractivity contribution in [3.8, 4) is 0 Å². The van der Waals surface area contributed by atoms with Crippen molar-refractivity contribution in [2.24, 2.45) is 0 Å². The van der Waals surface area contributed by atoms with Gasteiger partial charge in [0, 0.05) is 17.8 Å². The first-order valence-corrected chi connectivity index (χ1v) is 10.1. The number of nitro benzene ring substituents is 1. The van der Waals surface area contributed by atoms with Crippen molar-refractivity contribution in [2.45, 2.75) is 26.3 Å². The summed E-state index contributed by atoms with van der Waals surface area (Å²) in [7, 11) is -3.73. The Balaban J connectivity index is 2.29. The van der Waals surface area contributed by atoms with Crippen LogP contribution in [0.25, 0.3) is 0 Å². The van der Waals surface area contributed by atoms with Gasteiger partial charge in [-0.15, -0.1) is 0 Å². The molecule has 1 unspecified atom stereocenters. The topological polar surface area (TPSA) is 110 Å². The molecule has 0 saturated heterocycles. The highest BCUT2D eigenvalue weighted by Gasteiger charge is 2.29. The quantitative estimate of drug-likeness (QED) is 0.576. The van der Waals surface area contributed by atoms with E-state index in [4.69, 9.17) is 0 Å². The maximum Gasteiger partial charge on any atom is 0.271 e. The molecule has 27 heavy (non-hydrogen) atoms. The molecule has 2 rings (SSSR count). The average Bonchev–Trinajstić information content (AvgIpc) is 2.61. The Labute approximate surface area is 158 Å². The lowest BCUT2D eigenvalue weighted by atomic mass is 10.1. The van der Waals surface area contributed by atoms with Crippen molar-refractivity contribution in [3.63, 3.8) is 0 Å². The number of hydrogen-bond acceptors (Lipinski definition) is 5. The number of rotatable bonds is 7. The van der Waals surface area contributed by atoms with Crippen LogP contribution in [0.15, 0.2) is 48.5 Å². The van der Waals surface area contributed by atoms with Gasteiger partial charge in [-0.05, 0) is 37.1 Å². The van der Waals surface area contributed by atoms with E-state index in [1.807, 2.05) is 6.92 Å². The highest BCUT2D eigenvalue weighted by Crippen LogP contribution is 2.23. The Hall–Kier alpha value is -2.94. The van der Waals surface area contributed by atoms with Crippen LogP contribution >= 0.6 is 0 Å². The molecule has 1 N–H and O–H groups in total. The molecule has 0 heterocycles. The molecule has 2 aromatic carbocycles. The number of nitro groups is 1. The van der Waals surface area contributed by atoms with E-state index in [0.717, 1.165) is 22.5 Å². The molecule has 0 aliphatic carbocycles. The molecule has 144 valence electrons. The van der Waals surface area contributed by atoms with E-state index in [0.29, 0.717) is 5.69 Å². The fourth-order valence-electron chi connectivity index (χ4n) is 2.63. The third-order valence-electron chi connectivity index (χ3n) is 4.01. The van der Waals surface area contributed by atoms with Gasteiger partial charge in [0.05, 0.1) is 16.9 Å². The molecule has 0 radical (unpaired) electrons. The van der Waals surface area contributed by atoms with E-state index < -0.39 is 26.9 Å². The second kappa shape index (κ2) is 8.17. The molecule has 2 aromatic rings. The summed E-state index contributed by atoms with van der Waals surface area (Å²) >= 11 is 0. The van der Waals surface area contributed by atoms with Gasteiger partial charge in [0.2, 0.25) is 15.9 Å². The molecule has 0 aromatic heterocycles. The minimum Gasteiger partial charge on any atom is -0.324 e. The molecular formula is C18H21N3O5S. The standard InChI is InChI=1S/C18H21N3O5S/c1-4-14-8-10-16(11-9-14)20(27(3,25)26)13(2)18(22)19-15-6-5-7-17(12-15)21(23)24/h5-13H,4H2,1-3H3,(H,19,22). The molecule has 0 fully saturated rings. The van der Waals surface area contributed by atoms with Crippen LogP contribution in [0.3, 0.4) is 0 Å². The summed E-state index contributed by atoms with van der Waals surface area (Å²) < 4.78 is 25.6. The van der Waals surface area contributed by atoms with Gasteiger partial charge < -0.3 is 5.32 Å². The zero-order valence-corrected chi connectivity index (χ0v) is 16.1. The number of carbonyl (C=O) groups excluding carboxylic acids is 1. The Morgan fingerprint density at radius 2 is 1.85 bits per heavy atom. The molecule has 0 saturated carbocycles. The van der Waals surface area contributed by atoms with Gasteiger partial charge in [0.15, 0.2) is 0 Å². The molecule has 9 heteroatoms. The van der Waals surface area contributed by atoms with Gasteiger partial charge in [-0.3, -0.25) is 19.2 Å². The number of nitrogens with zero attached hydrogens (tertiary/aromatic N) is 2. The predicted molar refractivity (Wildman–Crippen MR) is 104 cm³/mol. The summed E-state index contributed by atoms with van der Waals surface area (Å²) in [5, 5.41) is 13.4. The van der Waals surface area contributed by atoms with E-state index in [9.17, 15) is 23.3 Å². The van der Waals surface area contributed by atoms with E-state index in [2.05, 4.69) is 5.32 Å². The largest absolute Gasteiger partial charge is 0.324 e. The fraction of sp³-hybridized carbons (Fsp3) is 0.278. The van der Waals surface area contributed by atoms with Crippen LogP contribution in [-0.4, -0.2) is 31.5 Å². The molecule has 0 spiro atoms.